The van der Waals surface area contributed by atoms with Crippen molar-refractivity contribution in [2.75, 3.05) is 4.72 Å². The van der Waals surface area contributed by atoms with Crippen molar-refractivity contribution in [3.63, 3.8) is 0 Å². The Balaban J connectivity index is 1.56. The van der Waals surface area contributed by atoms with E-state index in [1.807, 2.05) is 0 Å². The maximum atomic E-state index is 13.9. The van der Waals surface area contributed by atoms with Crippen molar-refractivity contribution in [3.8, 4) is 11.4 Å². The molecule has 1 aliphatic rings. The molecule has 0 bridgehead atoms. The fourth-order valence-corrected chi connectivity index (χ4v) is 5.59. The topological polar surface area (TPSA) is 85.1 Å². The van der Waals surface area contributed by atoms with Crippen molar-refractivity contribution >= 4 is 43.0 Å². The van der Waals surface area contributed by atoms with E-state index < -0.39 is 15.8 Å². The molecule has 1 saturated carbocycles. The highest BCUT2D eigenvalue weighted by Crippen LogP contribution is 2.35. The Bertz CT molecular complexity index is 1070. The van der Waals surface area contributed by atoms with E-state index in [1.54, 1.807) is 11.4 Å². The number of aromatic nitrogens is 2. The van der Waals surface area contributed by atoms with Crippen LogP contribution in [-0.2, 0) is 10.0 Å². The highest BCUT2D eigenvalue weighted by Gasteiger charge is 2.25. The number of hydrogen-bond donors (Lipinski definition) is 1. The van der Waals surface area contributed by atoms with Gasteiger partial charge < -0.3 is 4.52 Å². The first-order valence-electron chi connectivity index (χ1n) is 8.33. The van der Waals surface area contributed by atoms with E-state index in [1.165, 1.54) is 18.2 Å². The number of halogens is 2. The van der Waals surface area contributed by atoms with Crippen LogP contribution in [0.4, 0.5) is 10.1 Å². The summed E-state index contributed by atoms with van der Waals surface area (Å²) < 4.78 is 47.2. The van der Waals surface area contributed by atoms with Crippen LogP contribution in [0.3, 0.4) is 0 Å². The van der Waals surface area contributed by atoms with Gasteiger partial charge >= 0.3 is 0 Å². The molecule has 0 aliphatic heterocycles. The Hall–Kier alpha value is -1.78. The quantitative estimate of drug-likeness (QED) is 0.555. The second-order valence-electron chi connectivity index (χ2n) is 6.32. The maximum absolute atomic E-state index is 13.9. The fourth-order valence-electron chi connectivity index (χ4n) is 3.03. The zero-order valence-corrected chi connectivity index (χ0v) is 17.2. The van der Waals surface area contributed by atoms with Crippen LogP contribution in [0.5, 0.6) is 0 Å². The molecule has 0 spiro atoms. The van der Waals surface area contributed by atoms with Crippen molar-refractivity contribution in [1.82, 2.24) is 10.1 Å². The first kappa shape index (κ1) is 18.6. The molecule has 1 N–H and O–H groups in total. The zero-order chi connectivity index (χ0) is 19.0. The summed E-state index contributed by atoms with van der Waals surface area (Å²) in [5.41, 5.74) is 0.445. The van der Waals surface area contributed by atoms with Crippen LogP contribution in [0.2, 0.25) is 0 Å². The number of nitrogens with one attached hydrogen (secondary N) is 1. The third kappa shape index (κ3) is 3.92. The first-order valence-corrected chi connectivity index (χ1v) is 11.5. The minimum atomic E-state index is -3.92. The van der Waals surface area contributed by atoms with Gasteiger partial charge in [-0.3, -0.25) is 4.72 Å². The summed E-state index contributed by atoms with van der Waals surface area (Å²) in [6.45, 7) is 0. The lowest BCUT2D eigenvalue weighted by atomic mass is 10.1. The van der Waals surface area contributed by atoms with Gasteiger partial charge in [0.2, 0.25) is 11.7 Å². The number of thiophene rings is 1. The van der Waals surface area contributed by atoms with Crippen molar-refractivity contribution in [2.45, 2.75) is 35.8 Å². The summed E-state index contributed by atoms with van der Waals surface area (Å²) in [5.74, 6) is 0.594. The average Bonchev–Trinajstić information content (AvgIpc) is 3.37. The van der Waals surface area contributed by atoms with Gasteiger partial charge in [-0.05, 0) is 37.1 Å². The maximum Gasteiger partial charge on any atom is 0.271 e. The summed E-state index contributed by atoms with van der Waals surface area (Å²) in [6.07, 6.45) is 4.38. The molecule has 3 aromatic rings. The highest BCUT2D eigenvalue weighted by atomic mass is 79.9. The van der Waals surface area contributed by atoms with Crippen LogP contribution in [0.1, 0.15) is 37.5 Å². The molecule has 1 aromatic carbocycles. The van der Waals surface area contributed by atoms with Gasteiger partial charge in [0.15, 0.2) is 0 Å². The number of benzene rings is 1. The van der Waals surface area contributed by atoms with Gasteiger partial charge in [0.25, 0.3) is 10.0 Å². The molecule has 0 saturated heterocycles. The second kappa shape index (κ2) is 7.33. The van der Waals surface area contributed by atoms with Gasteiger partial charge in [-0.1, -0.05) is 33.9 Å². The highest BCUT2D eigenvalue weighted by molar-refractivity contribution is 9.10. The normalized spacial score (nSPS) is 15.3. The van der Waals surface area contributed by atoms with E-state index in [4.69, 9.17) is 4.52 Å². The van der Waals surface area contributed by atoms with Crippen LogP contribution in [0.15, 0.2) is 42.9 Å². The molecular formula is C17H15BrFN3O3S2. The monoisotopic (exact) mass is 471 g/mol. The van der Waals surface area contributed by atoms with Gasteiger partial charge in [0, 0.05) is 21.3 Å². The lowest BCUT2D eigenvalue weighted by molar-refractivity contribution is 0.354. The van der Waals surface area contributed by atoms with Crippen molar-refractivity contribution < 1.29 is 17.3 Å². The molecule has 1 fully saturated rings. The predicted molar refractivity (Wildman–Crippen MR) is 104 cm³/mol. The number of nitrogens with zero attached hydrogens (tertiary/aromatic N) is 2. The smallest absolute Gasteiger partial charge is 0.271 e. The molecule has 0 radical (unpaired) electrons. The van der Waals surface area contributed by atoms with Crippen LogP contribution < -0.4 is 4.72 Å². The number of anilines is 1. The average molecular weight is 472 g/mol. The van der Waals surface area contributed by atoms with Crippen LogP contribution in [-0.4, -0.2) is 18.6 Å². The molecule has 0 amide bonds. The Kier molecular flexibility index (Phi) is 5.04. The first-order chi connectivity index (χ1) is 12.9. The van der Waals surface area contributed by atoms with E-state index in [2.05, 4.69) is 30.8 Å². The third-order valence-corrected chi connectivity index (χ3v) is 7.72. The molecule has 4 rings (SSSR count). The molecule has 10 heteroatoms. The molecule has 27 heavy (non-hydrogen) atoms. The number of hydrogen-bond acceptors (Lipinski definition) is 6. The largest absolute Gasteiger partial charge is 0.339 e. The molecule has 142 valence electrons. The Morgan fingerprint density at radius 2 is 2.04 bits per heavy atom. The summed E-state index contributed by atoms with van der Waals surface area (Å²) in [4.78, 5) is 4.41. The SMILES string of the molecule is O=S(=O)(Nc1ccc(Br)cc1F)c1cc(-c2noc(C3CCCC3)n2)cs1. The third-order valence-electron chi connectivity index (χ3n) is 4.42. The van der Waals surface area contributed by atoms with Crippen molar-refractivity contribution in [2.24, 2.45) is 0 Å². The van der Waals surface area contributed by atoms with Gasteiger partial charge in [-0.15, -0.1) is 11.3 Å². The van der Waals surface area contributed by atoms with E-state index in [0.29, 0.717) is 21.8 Å². The Morgan fingerprint density at radius 1 is 1.26 bits per heavy atom. The molecule has 2 aromatic heterocycles. The van der Waals surface area contributed by atoms with Gasteiger partial charge in [-0.2, -0.15) is 4.98 Å². The van der Waals surface area contributed by atoms with Gasteiger partial charge in [0.1, 0.15) is 10.0 Å². The molecular weight excluding hydrogens is 457 g/mol. The van der Waals surface area contributed by atoms with E-state index in [-0.39, 0.29) is 15.8 Å². The summed E-state index contributed by atoms with van der Waals surface area (Å²) in [6, 6.07) is 5.58. The van der Waals surface area contributed by atoms with Crippen molar-refractivity contribution in [3.05, 3.63) is 45.8 Å². The summed E-state index contributed by atoms with van der Waals surface area (Å²) >= 11 is 4.16. The van der Waals surface area contributed by atoms with Gasteiger partial charge in [-0.25, -0.2) is 12.8 Å². The Labute approximate surface area is 168 Å². The van der Waals surface area contributed by atoms with Crippen LogP contribution >= 0.6 is 27.3 Å². The predicted octanol–water partition coefficient (Wildman–Crippen LogP) is 5.16. The van der Waals surface area contributed by atoms with Crippen LogP contribution in [0.25, 0.3) is 11.4 Å². The summed E-state index contributed by atoms with van der Waals surface area (Å²) in [7, 11) is -3.92. The second-order valence-corrected chi connectivity index (χ2v) is 10.1. The Morgan fingerprint density at radius 3 is 2.78 bits per heavy atom. The van der Waals surface area contributed by atoms with Crippen molar-refractivity contribution in [1.29, 1.82) is 0 Å². The molecule has 1 aliphatic carbocycles. The molecule has 0 atom stereocenters. The van der Waals surface area contributed by atoms with E-state index in [9.17, 15) is 12.8 Å². The number of rotatable bonds is 5. The molecule has 6 nitrogen and oxygen atoms in total. The van der Waals surface area contributed by atoms with E-state index >= 15 is 0 Å². The molecule has 0 unspecified atom stereocenters. The lowest BCUT2D eigenvalue weighted by Gasteiger charge is -2.07. The van der Waals surface area contributed by atoms with Gasteiger partial charge in [0.05, 0.1) is 5.69 Å². The summed E-state index contributed by atoms with van der Waals surface area (Å²) in [5, 5.41) is 5.62. The zero-order valence-electron chi connectivity index (χ0n) is 14.0. The fraction of sp³-hybridized carbons (Fsp3) is 0.294. The van der Waals surface area contributed by atoms with Crippen LogP contribution in [0, 0.1) is 5.82 Å². The van der Waals surface area contributed by atoms with E-state index in [0.717, 1.165) is 37.0 Å². The number of sulfonamides is 1. The minimum absolute atomic E-state index is 0.0482. The standard InChI is InChI=1S/C17H15BrFN3O3S2/c18-12-5-6-14(13(19)8-12)22-27(23,24)15-7-11(9-26-15)16-20-17(25-21-16)10-3-1-2-4-10/h5-10,22H,1-4H2. The molecule has 2 heterocycles. The lowest BCUT2D eigenvalue weighted by Crippen LogP contribution is -2.12. The minimum Gasteiger partial charge on any atom is -0.339 e.